The van der Waals surface area contributed by atoms with Gasteiger partial charge in [0.05, 0.1) is 0 Å². The molecular weight excluding hydrogens is 210 g/mol. The van der Waals surface area contributed by atoms with E-state index in [1.165, 1.54) is 5.56 Å². The normalized spacial score (nSPS) is 12.4. The molecule has 2 rings (SSSR count). The van der Waals surface area contributed by atoms with Gasteiger partial charge in [0.1, 0.15) is 5.82 Å². The highest BCUT2D eigenvalue weighted by Crippen LogP contribution is 2.13. The van der Waals surface area contributed by atoms with E-state index in [2.05, 4.69) is 22.1 Å². The van der Waals surface area contributed by atoms with Crippen LogP contribution in [0.15, 0.2) is 36.5 Å². The van der Waals surface area contributed by atoms with Gasteiger partial charge in [-0.15, -0.1) is 0 Å². The molecule has 3 heteroatoms. The van der Waals surface area contributed by atoms with Crippen LogP contribution in [-0.2, 0) is 6.42 Å². The van der Waals surface area contributed by atoms with Crippen molar-refractivity contribution in [1.82, 2.24) is 9.97 Å². The second kappa shape index (κ2) is 5.06. The lowest BCUT2D eigenvalue weighted by Gasteiger charge is -2.09. The van der Waals surface area contributed by atoms with E-state index in [-0.39, 0.29) is 6.04 Å². The summed E-state index contributed by atoms with van der Waals surface area (Å²) in [7, 11) is 0. The predicted octanol–water partition coefficient (Wildman–Crippen LogP) is 2.40. The van der Waals surface area contributed by atoms with Crippen molar-refractivity contribution in [3.8, 4) is 0 Å². The largest absolute Gasteiger partial charge is 0.324 e. The first kappa shape index (κ1) is 11.7. The summed E-state index contributed by atoms with van der Waals surface area (Å²) in [5.41, 5.74) is 9.05. The highest BCUT2D eigenvalue weighted by Gasteiger charge is 2.07. The molecule has 0 aliphatic carbocycles. The first-order valence-electron chi connectivity index (χ1n) is 5.78. The van der Waals surface area contributed by atoms with Crippen LogP contribution in [0.3, 0.4) is 0 Å². The van der Waals surface area contributed by atoms with Crippen LogP contribution >= 0.6 is 0 Å². The minimum absolute atomic E-state index is 0.0132. The number of hydrogen-bond acceptors (Lipinski definition) is 3. The highest BCUT2D eigenvalue weighted by atomic mass is 14.9. The van der Waals surface area contributed by atoms with Crippen molar-refractivity contribution in [1.29, 1.82) is 0 Å². The van der Waals surface area contributed by atoms with Gasteiger partial charge in [0.15, 0.2) is 0 Å². The maximum Gasteiger partial charge on any atom is 0.132 e. The maximum absolute atomic E-state index is 5.84. The molecule has 0 fully saturated rings. The van der Waals surface area contributed by atoms with E-state index in [1.807, 2.05) is 38.2 Å². The maximum atomic E-state index is 5.84. The van der Waals surface area contributed by atoms with Crippen LogP contribution in [0.4, 0.5) is 0 Å². The molecule has 2 aromatic rings. The molecule has 0 amide bonds. The lowest BCUT2D eigenvalue weighted by atomic mass is 10.1. The van der Waals surface area contributed by atoms with Gasteiger partial charge in [0.25, 0.3) is 0 Å². The van der Waals surface area contributed by atoms with Crippen molar-refractivity contribution in [3.63, 3.8) is 0 Å². The zero-order chi connectivity index (χ0) is 12.3. The Labute approximate surface area is 102 Å². The van der Waals surface area contributed by atoms with E-state index >= 15 is 0 Å². The van der Waals surface area contributed by atoms with Crippen LogP contribution in [0.25, 0.3) is 0 Å². The summed E-state index contributed by atoms with van der Waals surface area (Å²) < 4.78 is 0. The van der Waals surface area contributed by atoms with Crippen LogP contribution in [0.2, 0.25) is 0 Å². The van der Waals surface area contributed by atoms with Crippen LogP contribution in [-0.4, -0.2) is 9.97 Å². The number of rotatable bonds is 3. The Hall–Kier alpha value is -1.74. The second-order valence-electron chi connectivity index (χ2n) is 4.28. The number of aromatic nitrogens is 2. The highest BCUT2D eigenvalue weighted by molar-refractivity contribution is 5.23. The van der Waals surface area contributed by atoms with Gasteiger partial charge in [-0.05, 0) is 19.4 Å². The zero-order valence-corrected chi connectivity index (χ0v) is 10.2. The van der Waals surface area contributed by atoms with Crippen LogP contribution < -0.4 is 5.73 Å². The quantitative estimate of drug-likeness (QED) is 0.876. The van der Waals surface area contributed by atoms with Crippen molar-refractivity contribution in [2.24, 2.45) is 5.73 Å². The van der Waals surface area contributed by atoms with Gasteiger partial charge >= 0.3 is 0 Å². The molecule has 0 radical (unpaired) electrons. The number of nitrogens with two attached hydrogens (primary N) is 1. The summed E-state index contributed by atoms with van der Waals surface area (Å²) in [6, 6.07) is 10.2. The molecule has 0 aliphatic rings. The first-order chi connectivity index (χ1) is 8.16. The van der Waals surface area contributed by atoms with E-state index in [9.17, 15) is 0 Å². The molecule has 17 heavy (non-hydrogen) atoms. The Morgan fingerprint density at radius 3 is 2.53 bits per heavy atom. The third-order valence-corrected chi connectivity index (χ3v) is 2.76. The summed E-state index contributed by atoms with van der Waals surface area (Å²) in [4.78, 5) is 8.86. The Bertz CT molecular complexity index is 492. The summed E-state index contributed by atoms with van der Waals surface area (Å²) >= 11 is 0. The summed E-state index contributed by atoms with van der Waals surface area (Å²) in [5.74, 6) is 0.845. The molecule has 88 valence electrons. The number of hydrogen-bond donors (Lipinski definition) is 1. The van der Waals surface area contributed by atoms with E-state index in [0.29, 0.717) is 0 Å². The van der Waals surface area contributed by atoms with Crippen molar-refractivity contribution in [2.75, 3.05) is 0 Å². The second-order valence-corrected chi connectivity index (χ2v) is 4.28. The number of nitrogens with zero attached hydrogens (tertiary/aromatic N) is 2. The number of benzene rings is 1. The lowest BCUT2D eigenvalue weighted by Crippen LogP contribution is -2.10. The summed E-state index contributed by atoms with van der Waals surface area (Å²) in [5, 5.41) is 0. The molecule has 0 aliphatic heterocycles. The average molecular weight is 227 g/mol. The summed E-state index contributed by atoms with van der Waals surface area (Å²) in [6.07, 6.45) is 2.60. The molecule has 0 bridgehead atoms. The van der Waals surface area contributed by atoms with E-state index < -0.39 is 0 Å². The molecule has 1 atom stereocenters. The average Bonchev–Trinajstić information content (AvgIpc) is 2.30. The van der Waals surface area contributed by atoms with Crippen molar-refractivity contribution >= 4 is 0 Å². The summed E-state index contributed by atoms with van der Waals surface area (Å²) in [6.45, 7) is 3.93. The molecule has 3 nitrogen and oxygen atoms in total. The zero-order valence-electron chi connectivity index (χ0n) is 10.2. The fourth-order valence-corrected chi connectivity index (χ4v) is 1.84. The molecule has 0 spiro atoms. The van der Waals surface area contributed by atoms with Gasteiger partial charge in [0, 0.05) is 29.9 Å². The Balaban J connectivity index is 2.21. The molecule has 1 aromatic carbocycles. The van der Waals surface area contributed by atoms with Crippen molar-refractivity contribution in [2.45, 2.75) is 26.3 Å². The standard InChI is InChI=1S/C14H17N3/c1-10(15)13-9-16-14(17-11(13)2)8-12-6-4-3-5-7-12/h3-7,9-10H,8,15H2,1-2H3/t10-/m0/s1. The minimum atomic E-state index is -0.0132. The third kappa shape index (κ3) is 2.88. The molecule has 0 unspecified atom stereocenters. The van der Waals surface area contributed by atoms with E-state index in [0.717, 1.165) is 23.5 Å². The molecule has 0 saturated heterocycles. The van der Waals surface area contributed by atoms with Gasteiger partial charge in [-0.1, -0.05) is 30.3 Å². The fraction of sp³-hybridized carbons (Fsp3) is 0.286. The number of aryl methyl sites for hydroxylation is 1. The van der Waals surface area contributed by atoms with Crippen LogP contribution in [0, 0.1) is 6.92 Å². The van der Waals surface area contributed by atoms with Gasteiger partial charge in [-0.2, -0.15) is 0 Å². The smallest absolute Gasteiger partial charge is 0.132 e. The Morgan fingerprint density at radius 2 is 1.94 bits per heavy atom. The molecule has 1 aromatic heterocycles. The SMILES string of the molecule is Cc1nc(Cc2ccccc2)ncc1[C@H](C)N. The fourth-order valence-electron chi connectivity index (χ4n) is 1.84. The van der Waals surface area contributed by atoms with Crippen LogP contribution in [0.1, 0.15) is 35.6 Å². The van der Waals surface area contributed by atoms with Crippen molar-refractivity contribution < 1.29 is 0 Å². The molecule has 1 heterocycles. The van der Waals surface area contributed by atoms with Gasteiger partial charge in [-0.25, -0.2) is 9.97 Å². The molecule has 2 N–H and O–H groups in total. The molecular formula is C14H17N3. The van der Waals surface area contributed by atoms with E-state index in [1.54, 1.807) is 0 Å². The van der Waals surface area contributed by atoms with Gasteiger partial charge in [-0.3, -0.25) is 0 Å². The lowest BCUT2D eigenvalue weighted by molar-refractivity contribution is 0.777. The topological polar surface area (TPSA) is 51.8 Å². The first-order valence-corrected chi connectivity index (χ1v) is 5.78. The third-order valence-electron chi connectivity index (χ3n) is 2.76. The molecule has 0 saturated carbocycles. The minimum Gasteiger partial charge on any atom is -0.324 e. The van der Waals surface area contributed by atoms with Gasteiger partial charge < -0.3 is 5.73 Å². The Kier molecular flexibility index (Phi) is 3.49. The Morgan fingerprint density at radius 1 is 1.24 bits per heavy atom. The monoisotopic (exact) mass is 227 g/mol. The predicted molar refractivity (Wildman–Crippen MR) is 68.6 cm³/mol. The van der Waals surface area contributed by atoms with Crippen molar-refractivity contribution in [3.05, 3.63) is 59.2 Å². The van der Waals surface area contributed by atoms with E-state index in [4.69, 9.17) is 5.73 Å². The van der Waals surface area contributed by atoms with Crippen LogP contribution in [0.5, 0.6) is 0 Å². The van der Waals surface area contributed by atoms with Gasteiger partial charge in [0.2, 0.25) is 0 Å².